The maximum atomic E-state index is 12.4. The molecule has 0 aliphatic carbocycles. The molecule has 8 heteroatoms. The Morgan fingerprint density at radius 1 is 0.880 bits per heavy atom. The van der Waals surface area contributed by atoms with Gasteiger partial charge in [0.05, 0.1) is 24.0 Å². The number of nitrogens with zero attached hydrogens (tertiary/aromatic N) is 2. The van der Waals surface area contributed by atoms with Gasteiger partial charge in [-0.2, -0.15) is 0 Å². The van der Waals surface area contributed by atoms with Crippen molar-refractivity contribution in [3.05, 3.63) is 0 Å². The summed E-state index contributed by atoms with van der Waals surface area (Å²) in [4.78, 5) is 28.6. The number of hydrogen-bond donors (Lipinski definition) is 1. The highest BCUT2D eigenvalue weighted by Crippen LogP contribution is 2.44. The molecule has 0 radical (unpaired) electrons. The second-order valence-electron chi connectivity index (χ2n) is 6.78. The first-order valence-electron chi connectivity index (χ1n) is 8.76. The molecule has 2 saturated heterocycles. The van der Waals surface area contributed by atoms with E-state index in [9.17, 15) is 9.59 Å². The van der Waals surface area contributed by atoms with E-state index in [1.807, 2.05) is 38.0 Å². The second kappa shape index (κ2) is 10.7. The van der Waals surface area contributed by atoms with Gasteiger partial charge >= 0.3 is 11.9 Å². The molecule has 2 bridgehead atoms. The van der Waals surface area contributed by atoms with Gasteiger partial charge in [0.25, 0.3) is 0 Å². The first-order chi connectivity index (χ1) is 11.9. The summed E-state index contributed by atoms with van der Waals surface area (Å²) in [6.45, 7) is 1.96. The molecule has 2 N–H and O–H groups in total. The third kappa shape index (κ3) is 6.22. The highest BCUT2D eigenvalue weighted by molar-refractivity contribution is 5.84. The van der Waals surface area contributed by atoms with Crippen molar-refractivity contribution in [1.29, 1.82) is 0 Å². The lowest BCUT2D eigenvalue weighted by Gasteiger charge is -2.25. The Kier molecular flexibility index (Phi) is 9.34. The van der Waals surface area contributed by atoms with Crippen LogP contribution in [-0.2, 0) is 23.8 Å². The third-order valence-corrected chi connectivity index (χ3v) is 4.38. The Morgan fingerprint density at radius 3 is 1.56 bits per heavy atom. The van der Waals surface area contributed by atoms with Crippen LogP contribution in [0.15, 0.2) is 0 Å². The van der Waals surface area contributed by atoms with Crippen molar-refractivity contribution in [3.63, 3.8) is 0 Å². The number of ether oxygens (including phenoxy) is 3. The van der Waals surface area contributed by atoms with Crippen molar-refractivity contribution in [3.8, 4) is 0 Å². The van der Waals surface area contributed by atoms with Gasteiger partial charge in [0.15, 0.2) is 0 Å². The van der Waals surface area contributed by atoms with Crippen LogP contribution in [0.25, 0.3) is 0 Å². The lowest BCUT2D eigenvalue weighted by molar-refractivity contribution is -0.161. The van der Waals surface area contributed by atoms with E-state index in [4.69, 9.17) is 14.2 Å². The Bertz CT molecular complexity index is 393. The zero-order valence-electron chi connectivity index (χ0n) is 16.1. The minimum atomic E-state index is -0.525. The van der Waals surface area contributed by atoms with Crippen molar-refractivity contribution in [2.24, 2.45) is 17.6 Å². The Morgan fingerprint density at radius 2 is 1.24 bits per heavy atom. The summed E-state index contributed by atoms with van der Waals surface area (Å²) in [6.07, 6.45) is 1.19. The second-order valence-corrected chi connectivity index (χ2v) is 6.78. The monoisotopic (exact) mass is 359 g/mol. The number of esters is 2. The fourth-order valence-electron chi connectivity index (χ4n) is 3.13. The zero-order valence-corrected chi connectivity index (χ0v) is 16.1. The number of rotatable bonds is 8. The quantitative estimate of drug-likeness (QED) is 0.583. The average Bonchev–Trinajstić information content (AvgIpc) is 3.16. The van der Waals surface area contributed by atoms with Crippen molar-refractivity contribution in [1.82, 2.24) is 9.80 Å². The zero-order chi connectivity index (χ0) is 19.0. The van der Waals surface area contributed by atoms with Gasteiger partial charge in [0, 0.05) is 13.1 Å². The van der Waals surface area contributed by atoms with Crippen LogP contribution in [0.5, 0.6) is 0 Å². The molecular weight excluding hydrogens is 326 g/mol. The van der Waals surface area contributed by atoms with Crippen LogP contribution in [0.4, 0.5) is 0 Å². The van der Waals surface area contributed by atoms with E-state index in [-0.39, 0.29) is 24.1 Å². The highest BCUT2D eigenvalue weighted by Gasteiger charge is 2.56. The van der Waals surface area contributed by atoms with Gasteiger partial charge in [-0.1, -0.05) is 0 Å². The van der Waals surface area contributed by atoms with Crippen LogP contribution < -0.4 is 5.73 Å². The van der Waals surface area contributed by atoms with Gasteiger partial charge < -0.3 is 29.7 Å². The molecule has 25 heavy (non-hydrogen) atoms. The van der Waals surface area contributed by atoms with E-state index in [1.54, 1.807) is 0 Å². The molecule has 2 aliphatic heterocycles. The lowest BCUT2D eigenvalue weighted by atomic mass is 9.79. The van der Waals surface area contributed by atoms with Gasteiger partial charge in [-0.05, 0) is 48.1 Å². The molecule has 2 rings (SSSR count). The van der Waals surface area contributed by atoms with Crippen molar-refractivity contribution in [2.45, 2.75) is 25.0 Å². The average molecular weight is 359 g/mol. The van der Waals surface area contributed by atoms with Gasteiger partial charge in [-0.3, -0.25) is 9.59 Å². The summed E-state index contributed by atoms with van der Waals surface area (Å²) in [6, 6.07) is 0. The molecule has 8 nitrogen and oxygen atoms in total. The molecule has 2 fully saturated rings. The van der Waals surface area contributed by atoms with Crippen LogP contribution >= 0.6 is 0 Å². The van der Waals surface area contributed by atoms with E-state index >= 15 is 0 Å². The minimum absolute atomic E-state index is 0.210. The van der Waals surface area contributed by atoms with Crippen LogP contribution in [0.3, 0.4) is 0 Å². The maximum Gasteiger partial charge on any atom is 0.312 e. The normalized spacial score (nSPS) is 27.2. The van der Waals surface area contributed by atoms with E-state index in [1.165, 1.54) is 7.05 Å². The number of nitrogens with two attached hydrogens (primary N) is 1. The van der Waals surface area contributed by atoms with E-state index in [0.29, 0.717) is 26.3 Å². The fraction of sp³-hybridized carbons (Fsp3) is 0.882. The molecule has 4 unspecified atom stereocenters. The predicted molar refractivity (Wildman–Crippen MR) is 94.0 cm³/mol. The smallest absolute Gasteiger partial charge is 0.312 e. The number of hydrogen-bond acceptors (Lipinski definition) is 8. The molecule has 0 amide bonds. The first-order valence-corrected chi connectivity index (χ1v) is 8.76. The summed E-state index contributed by atoms with van der Waals surface area (Å²) >= 11 is 0. The fourth-order valence-corrected chi connectivity index (χ4v) is 3.13. The van der Waals surface area contributed by atoms with Gasteiger partial charge in [-0.15, -0.1) is 0 Å². The van der Waals surface area contributed by atoms with Gasteiger partial charge in [0.2, 0.25) is 0 Å². The van der Waals surface area contributed by atoms with Crippen LogP contribution in [0.1, 0.15) is 12.8 Å². The van der Waals surface area contributed by atoms with E-state index in [0.717, 1.165) is 12.8 Å². The predicted octanol–water partition coefficient (Wildman–Crippen LogP) is -0.435. The molecule has 2 aliphatic rings. The standard InChI is InChI=1S/C16H28N2O5.CH5N/c1-17(2)7-9-21-15(19)13-11-5-6-12(23-11)14(13)16(20)22-10-8-18(3)4;1-2/h11-14H,5-10H2,1-4H3;2H2,1H3. The summed E-state index contributed by atoms with van der Waals surface area (Å²) in [5, 5.41) is 0. The van der Waals surface area contributed by atoms with Gasteiger partial charge in [0.1, 0.15) is 13.2 Å². The molecule has 0 spiro atoms. The SMILES string of the molecule is CN.CN(C)CCOC(=O)C1C2CCC(O2)C1C(=O)OCCN(C)C. The number of carbonyl (C=O) groups excluding carboxylic acids is 2. The van der Waals surface area contributed by atoms with Crippen molar-refractivity contribution >= 4 is 11.9 Å². The number of fused-ring (bicyclic) bond motifs is 2. The summed E-state index contributed by atoms with van der Waals surface area (Å²) < 4.78 is 16.4. The summed E-state index contributed by atoms with van der Waals surface area (Å²) in [7, 11) is 9.16. The van der Waals surface area contributed by atoms with Crippen LogP contribution in [0, 0.1) is 11.8 Å². The molecule has 0 aromatic heterocycles. The minimum Gasteiger partial charge on any atom is -0.464 e. The molecule has 0 saturated carbocycles. The Labute approximate surface area is 150 Å². The lowest BCUT2D eigenvalue weighted by Crippen LogP contribution is -2.41. The van der Waals surface area contributed by atoms with Crippen molar-refractivity contribution < 1.29 is 23.8 Å². The largest absolute Gasteiger partial charge is 0.464 e. The molecule has 4 atom stereocenters. The molecule has 2 heterocycles. The molecule has 0 aromatic rings. The van der Waals surface area contributed by atoms with Crippen LogP contribution in [0.2, 0.25) is 0 Å². The number of likely N-dealkylation sites (N-methyl/N-ethyl adjacent to an activating group) is 2. The maximum absolute atomic E-state index is 12.4. The summed E-state index contributed by atoms with van der Waals surface area (Å²) in [5.41, 5.74) is 4.50. The highest BCUT2D eigenvalue weighted by atomic mass is 16.6. The van der Waals surface area contributed by atoms with E-state index in [2.05, 4.69) is 5.73 Å². The van der Waals surface area contributed by atoms with E-state index < -0.39 is 11.8 Å². The Hall–Kier alpha value is -1.22. The summed E-state index contributed by atoms with van der Waals surface area (Å²) in [5.74, 6) is -1.73. The molecular formula is C17H33N3O5. The number of carbonyl (C=O) groups is 2. The topological polar surface area (TPSA) is 94.3 Å². The van der Waals surface area contributed by atoms with Crippen molar-refractivity contribution in [2.75, 3.05) is 61.5 Å². The molecule has 0 aromatic carbocycles. The van der Waals surface area contributed by atoms with Gasteiger partial charge in [-0.25, -0.2) is 0 Å². The Balaban J connectivity index is 0.00000151. The van der Waals surface area contributed by atoms with Crippen LogP contribution in [-0.4, -0.2) is 95.5 Å². The first kappa shape index (κ1) is 21.8. The molecule has 146 valence electrons. The third-order valence-electron chi connectivity index (χ3n) is 4.38.